The lowest BCUT2D eigenvalue weighted by atomic mass is 9.52. The molecule has 0 bridgehead atoms. The van der Waals surface area contributed by atoms with E-state index in [2.05, 4.69) is 11.5 Å². The van der Waals surface area contributed by atoms with Gasteiger partial charge in [0.05, 0.1) is 11.0 Å². The van der Waals surface area contributed by atoms with Crippen molar-refractivity contribution in [3.63, 3.8) is 0 Å². The number of aryl methyl sites for hydroxylation is 1. The Morgan fingerprint density at radius 3 is 2.96 bits per heavy atom. The highest BCUT2D eigenvalue weighted by atomic mass is 19.1. The first-order valence-electron chi connectivity index (χ1n) is 8.93. The number of nitrogens with zero attached hydrogens (tertiary/aromatic N) is 1. The normalized spacial score (nSPS) is 37.0. The number of carbonyl (C=O) groups excluding carboxylic acids is 1. The lowest BCUT2D eigenvalue weighted by Gasteiger charge is -2.59. The number of rotatable bonds is 2. The quantitative estimate of drug-likeness (QED) is 0.837. The molecule has 2 aliphatic heterocycles. The number of halogens is 1. The molecule has 1 N–H and O–H groups in total. The molecule has 5 heteroatoms. The molecule has 0 radical (unpaired) electrons. The zero-order chi connectivity index (χ0) is 18.0. The number of likely N-dealkylation sites (tertiary alicyclic amines) is 1. The molecule has 1 aromatic carbocycles. The molecule has 4 atom stereocenters. The Labute approximate surface area is 147 Å². The van der Waals surface area contributed by atoms with Crippen LogP contribution in [0.3, 0.4) is 0 Å². The number of Topliss-reactive ketones (excluding diaryl/α,β-unsaturated/α-hetero) is 1. The first-order valence-corrected chi connectivity index (χ1v) is 8.93. The molecule has 2 heterocycles. The molecule has 1 saturated carbocycles. The average Bonchev–Trinajstić information content (AvgIpc) is 2.95. The highest BCUT2D eigenvalue weighted by molar-refractivity contribution is 5.89. The topological polar surface area (TPSA) is 49.8 Å². The smallest absolute Gasteiger partial charge is 0.174 e. The highest BCUT2D eigenvalue weighted by Crippen LogP contribution is 2.60. The summed E-state index contributed by atoms with van der Waals surface area (Å²) in [6, 6.07) is 2.92. The van der Waals surface area contributed by atoms with Crippen molar-refractivity contribution in [3.05, 3.63) is 41.7 Å². The first kappa shape index (κ1) is 16.7. The van der Waals surface area contributed by atoms with Gasteiger partial charge in [-0.3, -0.25) is 9.69 Å². The van der Waals surface area contributed by atoms with Crippen molar-refractivity contribution in [1.82, 2.24) is 4.90 Å². The molecular weight excluding hydrogens is 321 g/mol. The van der Waals surface area contributed by atoms with Gasteiger partial charge in [0.25, 0.3) is 0 Å². The molecule has 0 amide bonds. The first-order chi connectivity index (χ1) is 11.9. The lowest BCUT2D eigenvalue weighted by molar-refractivity contribution is -0.180. The summed E-state index contributed by atoms with van der Waals surface area (Å²) in [5.74, 6) is -0.340. The second kappa shape index (κ2) is 5.39. The van der Waals surface area contributed by atoms with Crippen molar-refractivity contribution in [2.75, 3.05) is 13.1 Å². The third-order valence-electron chi connectivity index (χ3n) is 6.66. The second-order valence-corrected chi connectivity index (χ2v) is 7.64. The van der Waals surface area contributed by atoms with Crippen LogP contribution in [0.2, 0.25) is 0 Å². The van der Waals surface area contributed by atoms with Crippen molar-refractivity contribution in [2.45, 2.75) is 56.3 Å². The Hall–Kier alpha value is -1.72. The lowest BCUT2D eigenvalue weighted by Crippen LogP contribution is -2.73. The number of ether oxygens (including phenoxy) is 1. The number of hydrogen-bond donors (Lipinski definition) is 1. The maximum atomic E-state index is 14.5. The molecule has 1 spiro atoms. The summed E-state index contributed by atoms with van der Waals surface area (Å²) in [4.78, 5) is 14.9. The molecule has 134 valence electrons. The van der Waals surface area contributed by atoms with Crippen LogP contribution in [0.15, 0.2) is 24.8 Å². The van der Waals surface area contributed by atoms with Gasteiger partial charge in [-0.25, -0.2) is 4.39 Å². The van der Waals surface area contributed by atoms with Crippen molar-refractivity contribution >= 4 is 5.78 Å². The van der Waals surface area contributed by atoms with E-state index >= 15 is 0 Å². The Balaban J connectivity index is 1.95. The number of aliphatic hydroxyl groups is 1. The van der Waals surface area contributed by atoms with Crippen LogP contribution in [0.1, 0.15) is 37.3 Å². The SMILES string of the molecule is C=CCN1CC[C@]23c4c(C)ccc(F)c4O[C@H]2C(=O)CC[C@@]3(O)[C@H]1C. The number of hydrogen-bond acceptors (Lipinski definition) is 4. The molecule has 3 aliphatic rings. The van der Waals surface area contributed by atoms with E-state index in [9.17, 15) is 14.3 Å². The molecule has 1 aliphatic carbocycles. The minimum Gasteiger partial charge on any atom is -0.478 e. The third kappa shape index (κ3) is 1.91. The van der Waals surface area contributed by atoms with Crippen LogP contribution in [0.4, 0.5) is 4.39 Å². The van der Waals surface area contributed by atoms with Crippen molar-refractivity contribution < 1.29 is 19.0 Å². The summed E-state index contributed by atoms with van der Waals surface area (Å²) in [6.07, 6.45) is 2.22. The van der Waals surface area contributed by atoms with E-state index in [-0.39, 0.29) is 24.0 Å². The maximum absolute atomic E-state index is 14.5. The zero-order valence-electron chi connectivity index (χ0n) is 14.7. The largest absolute Gasteiger partial charge is 0.478 e. The van der Waals surface area contributed by atoms with Crippen LogP contribution in [-0.2, 0) is 10.2 Å². The van der Waals surface area contributed by atoms with Crippen molar-refractivity contribution in [2.24, 2.45) is 0 Å². The maximum Gasteiger partial charge on any atom is 0.174 e. The van der Waals surface area contributed by atoms with Crippen LogP contribution in [0.5, 0.6) is 5.75 Å². The molecule has 4 rings (SSSR count). The van der Waals surface area contributed by atoms with E-state index in [1.54, 1.807) is 6.07 Å². The second-order valence-electron chi connectivity index (χ2n) is 7.64. The van der Waals surface area contributed by atoms with E-state index in [0.717, 1.165) is 5.56 Å². The Morgan fingerprint density at radius 2 is 2.24 bits per heavy atom. The van der Waals surface area contributed by atoms with Gasteiger partial charge < -0.3 is 9.84 Å². The summed E-state index contributed by atoms with van der Waals surface area (Å²) in [7, 11) is 0. The molecule has 1 aromatic rings. The van der Waals surface area contributed by atoms with Gasteiger partial charge in [0.2, 0.25) is 0 Å². The fourth-order valence-corrected chi connectivity index (χ4v) is 5.41. The fourth-order valence-electron chi connectivity index (χ4n) is 5.41. The number of piperidine rings is 1. The van der Waals surface area contributed by atoms with E-state index in [0.29, 0.717) is 31.5 Å². The van der Waals surface area contributed by atoms with Gasteiger partial charge in [0.1, 0.15) is 0 Å². The van der Waals surface area contributed by atoms with Gasteiger partial charge in [-0.15, -0.1) is 6.58 Å². The Kier molecular flexibility index (Phi) is 3.61. The van der Waals surface area contributed by atoms with Gasteiger partial charge in [-0.05, 0) is 44.9 Å². The van der Waals surface area contributed by atoms with Crippen LogP contribution in [0, 0.1) is 12.7 Å². The van der Waals surface area contributed by atoms with Crippen LogP contribution in [-0.4, -0.2) is 46.6 Å². The van der Waals surface area contributed by atoms with Gasteiger partial charge in [-0.2, -0.15) is 0 Å². The Morgan fingerprint density at radius 1 is 1.48 bits per heavy atom. The van der Waals surface area contributed by atoms with Crippen LogP contribution >= 0.6 is 0 Å². The average molecular weight is 345 g/mol. The minimum absolute atomic E-state index is 0.0379. The molecule has 0 aromatic heterocycles. The summed E-state index contributed by atoms with van der Waals surface area (Å²) in [5.41, 5.74) is -0.452. The molecule has 25 heavy (non-hydrogen) atoms. The third-order valence-corrected chi connectivity index (χ3v) is 6.66. The van der Waals surface area contributed by atoms with E-state index < -0.39 is 22.9 Å². The fraction of sp³-hybridized carbons (Fsp3) is 0.550. The summed E-state index contributed by atoms with van der Waals surface area (Å²) in [5, 5.41) is 11.9. The number of carbonyl (C=O) groups is 1. The predicted molar refractivity (Wildman–Crippen MR) is 92.3 cm³/mol. The van der Waals surface area contributed by atoms with Gasteiger partial charge in [0.15, 0.2) is 23.5 Å². The standard InChI is InChI=1S/C20H24FNO3/c1-4-10-22-11-9-19-16-12(2)5-6-14(21)17(16)25-18(19)15(23)7-8-20(19,24)13(22)3/h4-6,13,18,24H,1,7-11H2,2-3H3/t13-,18+,19+,20-/m1/s1. The molecule has 4 nitrogen and oxygen atoms in total. The number of benzene rings is 1. The van der Waals surface area contributed by atoms with E-state index in [1.807, 2.05) is 19.9 Å². The molecule has 0 unspecified atom stereocenters. The van der Waals surface area contributed by atoms with E-state index in [4.69, 9.17) is 4.74 Å². The van der Waals surface area contributed by atoms with E-state index in [1.165, 1.54) is 6.07 Å². The number of fused-ring (bicyclic) bond motifs is 1. The van der Waals surface area contributed by atoms with Gasteiger partial charge >= 0.3 is 0 Å². The van der Waals surface area contributed by atoms with Crippen LogP contribution < -0.4 is 4.74 Å². The van der Waals surface area contributed by atoms with Gasteiger partial charge in [-0.1, -0.05) is 12.1 Å². The zero-order valence-corrected chi connectivity index (χ0v) is 14.7. The summed E-state index contributed by atoms with van der Waals surface area (Å²) in [6.45, 7) is 9.08. The Bertz CT molecular complexity index is 764. The van der Waals surface area contributed by atoms with Gasteiger partial charge in [0, 0.05) is 24.6 Å². The summed E-state index contributed by atoms with van der Waals surface area (Å²) < 4.78 is 20.4. The highest BCUT2D eigenvalue weighted by Gasteiger charge is 2.70. The molecule has 1 saturated heterocycles. The minimum atomic E-state index is -1.14. The summed E-state index contributed by atoms with van der Waals surface area (Å²) >= 11 is 0. The molecule has 2 fully saturated rings. The van der Waals surface area contributed by atoms with Crippen LogP contribution in [0.25, 0.3) is 0 Å². The molecular formula is C20H24FNO3. The van der Waals surface area contributed by atoms with Crippen molar-refractivity contribution in [3.8, 4) is 5.75 Å². The van der Waals surface area contributed by atoms with Crippen molar-refractivity contribution in [1.29, 1.82) is 0 Å². The monoisotopic (exact) mass is 345 g/mol. The number of ketones is 1. The predicted octanol–water partition coefficient (Wildman–Crippen LogP) is 2.51.